The highest BCUT2D eigenvalue weighted by atomic mass is 19.1. The van der Waals surface area contributed by atoms with Gasteiger partial charge in [0, 0.05) is 25.2 Å². The third-order valence-corrected chi connectivity index (χ3v) is 4.19. The van der Waals surface area contributed by atoms with Gasteiger partial charge in [-0.1, -0.05) is 26.0 Å². The maximum absolute atomic E-state index is 13.1. The number of rotatable bonds is 6. The number of carbonyl (C=O) groups is 1. The molecular weight excluding hydrogens is 335 g/mol. The molecule has 0 aliphatic carbocycles. The number of fused-ring (bicyclic) bond motifs is 1. The summed E-state index contributed by atoms with van der Waals surface area (Å²) in [5.74, 6) is -0.475. The van der Waals surface area contributed by atoms with Crippen molar-refractivity contribution in [3.63, 3.8) is 0 Å². The van der Waals surface area contributed by atoms with Gasteiger partial charge in [-0.15, -0.1) is 0 Å². The molecule has 1 N–H and O–H groups in total. The maximum Gasteiger partial charge on any atom is 0.330 e. The molecule has 3 rings (SSSR count). The van der Waals surface area contributed by atoms with Gasteiger partial charge in [-0.3, -0.25) is 13.9 Å². The Bertz CT molecular complexity index is 973. The van der Waals surface area contributed by atoms with Crippen LogP contribution in [0.1, 0.15) is 19.4 Å². The van der Waals surface area contributed by atoms with E-state index in [-0.39, 0.29) is 23.3 Å². The van der Waals surface area contributed by atoms with E-state index in [9.17, 15) is 14.0 Å². The van der Waals surface area contributed by atoms with E-state index in [1.54, 1.807) is 33.5 Å². The summed E-state index contributed by atoms with van der Waals surface area (Å²) in [5.41, 5.74) is 1.89. The van der Waals surface area contributed by atoms with Crippen molar-refractivity contribution in [2.24, 2.45) is 5.92 Å². The zero-order valence-electron chi connectivity index (χ0n) is 14.8. The number of nitrogens with zero attached hydrogens (tertiary/aromatic N) is 3. The molecule has 0 radical (unpaired) electrons. The van der Waals surface area contributed by atoms with Crippen LogP contribution in [0.3, 0.4) is 0 Å². The second kappa shape index (κ2) is 7.51. The number of halogens is 1. The van der Waals surface area contributed by atoms with Crippen LogP contribution in [0, 0.1) is 11.7 Å². The Morgan fingerprint density at radius 2 is 1.92 bits per heavy atom. The SMILES string of the molecule is CC(C)C(=O)NCCn1c(=O)n(Cc2ccc(F)cc2)c2cccnc21. The molecular formula is C19H21FN4O2. The molecule has 0 bridgehead atoms. The van der Waals surface area contributed by atoms with Crippen LogP contribution in [0.4, 0.5) is 4.39 Å². The van der Waals surface area contributed by atoms with Gasteiger partial charge in [-0.25, -0.2) is 14.2 Å². The molecule has 0 unspecified atom stereocenters. The van der Waals surface area contributed by atoms with Crippen LogP contribution >= 0.6 is 0 Å². The Kier molecular flexibility index (Phi) is 5.16. The molecule has 6 nitrogen and oxygen atoms in total. The van der Waals surface area contributed by atoms with Crippen LogP contribution in [-0.2, 0) is 17.9 Å². The number of imidazole rings is 1. The molecule has 1 aromatic carbocycles. The lowest BCUT2D eigenvalue weighted by Crippen LogP contribution is -2.33. The maximum atomic E-state index is 13.1. The van der Waals surface area contributed by atoms with Crippen molar-refractivity contribution in [1.82, 2.24) is 19.4 Å². The monoisotopic (exact) mass is 356 g/mol. The summed E-state index contributed by atoms with van der Waals surface area (Å²) in [4.78, 5) is 28.9. The Balaban J connectivity index is 1.90. The zero-order valence-corrected chi connectivity index (χ0v) is 14.8. The predicted molar refractivity (Wildman–Crippen MR) is 97.3 cm³/mol. The minimum Gasteiger partial charge on any atom is -0.354 e. The Hall–Kier alpha value is -2.96. The molecule has 1 amide bonds. The van der Waals surface area contributed by atoms with E-state index in [1.807, 2.05) is 19.9 Å². The lowest BCUT2D eigenvalue weighted by atomic mass is 10.2. The number of amides is 1. The first-order valence-corrected chi connectivity index (χ1v) is 8.53. The van der Waals surface area contributed by atoms with E-state index in [0.29, 0.717) is 30.8 Å². The van der Waals surface area contributed by atoms with E-state index in [1.165, 1.54) is 12.1 Å². The Morgan fingerprint density at radius 3 is 2.62 bits per heavy atom. The topological polar surface area (TPSA) is 68.9 Å². The summed E-state index contributed by atoms with van der Waals surface area (Å²) in [6.07, 6.45) is 1.63. The average molecular weight is 356 g/mol. The van der Waals surface area contributed by atoms with Crippen molar-refractivity contribution < 1.29 is 9.18 Å². The molecule has 26 heavy (non-hydrogen) atoms. The number of nitrogens with one attached hydrogen (secondary N) is 1. The number of aromatic nitrogens is 3. The number of benzene rings is 1. The summed E-state index contributed by atoms with van der Waals surface area (Å²) < 4.78 is 16.3. The molecule has 2 aromatic heterocycles. The van der Waals surface area contributed by atoms with Crippen LogP contribution in [0.15, 0.2) is 47.4 Å². The first kappa shape index (κ1) is 17.8. The van der Waals surface area contributed by atoms with E-state index >= 15 is 0 Å². The summed E-state index contributed by atoms with van der Waals surface area (Å²) >= 11 is 0. The molecule has 0 saturated heterocycles. The Morgan fingerprint density at radius 1 is 1.19 bits per heavy atom. The number of hydrogen-bond donors (Lipinski definition) is 1. The van der Waals surface area contributed by atoms with Crippen molar-refractivity contribution in [2.45, 2.75) is 26.9 Å². The molecule has 0 aliphatic heterocycles. The van der Waals surface area contributed by atoms with Gasteiger partial charge in [0.1, 0.15) is 5.82 Å². The van der Waals surface area contributed by atoms with Crippen molar-refractivity contribution in [2.75, 3.05) is 6.54 Å². The summed E-state index contributed by atoms with van der Waals surface area (Å²) in [6.45, 7) is 4.65. The molecule has 0 atom stereocenters. The summed E-state index contributed by atoms with van der Waals surface area (Å²) in [5, 5.41) is 2.81. The lowest BCUT2D eigenvalue weighted by Gasteiger charge is -2.08. The van der Waals surface area contributed by atoms with Gasteiger partial charge in [0.15, 0.2) is 5.65 Å². The normalized spacial score (nSPS) is 11.2. The highest BCUT2D eigenvalue weighted by molar-refractivity contribution is 5.77. The van der Waals surface area contributed by atoms with Crippen molar-refractivity contribution in [3.05, 3.63) is 64.5 Å². The largest absolute Gasteiger partial charge is 0.354 e. The molecule has 2 heterocycles. The van der Waals surface area contributed by atoms with Gasteiger partial charge in [0.2, 0.25) is 5.91 Å². The van der Waals surface area contributed by atoms with E-state index < -0.39 is 0 Å². The molecule has 7 heteroatoms. The smallest absolute Gasteiger partial charge is 0.330 e. The molecule has 0 spiro atoms. The van der Waals surface area contributed by atoms with E-state index in [2.05, 4.69) is 10.3 Å². The summed E-state index contributed by atoms with van der Waals surface area (Å²) in [6, 6.07) is 9.66. The van der Waals surface area contributed by atoms with Gasteiger partial charge in [0.05, 0.1) is 12.1 Å². The fourth-order valence-electron chi connectivity index (χ4n) is 2.77. The van der Waals surface area contributed by atoms with Crippen LogP contribution < -0.4 is 11.0 Å². The van der Waals surface area contributed by atoms with Crippen LogP contribution in [0.5, 0.6) is 0 Å². The van der Waals surface area contributed by atoms with Gasteiger partial charge >= 0.3 is 5.69 Å². The fourth-order valence-corrected chi connectivity index (χ4v) is 2.77. The van der Waals surface area contributed by atoms with Crippen LogP contribution in [0.2, 0.25) is 0 Å². The predicted octanol–water partition coefficient (Wildman–Crippen LogP) is 2.16. The second-order valence-corrected chi connectivity index (χ2v) is 6.44. The van der Waals surface area contributed by atoms with Crippen molar-refractivity contribution in [1.29, 1.82) is 0 Å². The highest BCUT2D eigenvalue weighted by Crippen LogP contribution is 2.12. The highest BCUT2D eigenvalue weighted by Gasteiger charge is 2.15. The minimum absolute atomic E-state index is 0.0546. The molecule has 3 aromatic rings. The van der Waals surface area contributed by atoms with Gasteiger partial charge < -0.3 is 5.32 Å². The lowest BCUT2D eigenvalue weighted by molar-refractivity contribution is -0.124. The average Bonchev–Trinajstić information content (AvgIpc) is 2.89. The number of hydrogen-bond acceptors (Lipinski definition) is 3. The van der Waals surface area contributed by atoms with Gasteiger partial charge in [-0.05, 0) is 29.8 Å². The number of pyridine rings is 1. The van der Waals surface area contributed by atoms with Gasteiger partial charge in [-0.2, -0.15) is 0 Å². The van der Waals surface area contributed by atoms with Gasteiger partial charge in [0.25, 0.3) is 0 Å². The fraction of sp³-hybridized carbons (Fsp3) is 0.316. The third kappa shape index (κ3) is 3.66. The zero-order chi connectivity index (χ0) is 18.7. The van der Waals surface area contributed by atoms with Crippen molar-refractivity contribution >= 4 is 17.1 Å². The van der Waals surface area contributed by atoms with Crippen LogP contribution in [0.25, 0.3) is 11.2 Å². The molecule has 0 saturated carbocycles. The van der Waals surface area contributed by atoms with Crippen molar-refractivity contribution in [3.8, 4) is 0 Å². The van der Waals surface area contributed by atoms with E-state index in [4.69, 9.17) is 0 Å². The molecule has 0 aliphatic rings. The third-order valence-electron chi connectivity index (χ3n) is 4.19. The first-order chi connectivity index (χ1) is 12.5. The number of carbonyl (C=O) groups excluding carboxylic acids is 1. The van der Waals surface area contributed by atoms with Crippen LogP contribution in [-0.4, -0.2) is 26.6 Å². The molecule has 0 fully saturated rings. The Labute approximate surface area is 150 Å². The molecule has 136 valence electrons. The quantitative estimate of drug-likeness (QED) is 0.736. The van der Waals surface area contributed by atoms with E-state index in [0.717, 1.165) is 5.56 Å². The second-order valence-electron chi connectivity index (χ2n) is 6.44. The standard InChI is InChI=1S/C19H21FN4O2/c1-13(2)18(25)22-10-11-23-17-16(4-3-9-21-17)24(19(23)26)12-14-5-7-15(20)8-6-14/h3-9,13H,10-12H2,1-2H3,(H,22,25). The summed E-state index contributed by atoms with van der Waals surface area (Å²) in [7, 11) is 0. The first-order valence-electron chi connectivity index (χ1n) is 8.53. The minimum atomic E-state index is -0.314.